The summed E-state index contributed by atoms with van der Waals surface area (Å²) in [7, 11) is 0. The van der Waals surface area contributed by atoms with E-state index in [1.165, 1.54) is 10.8 Å². The number of amides is 3. The molecule has 1 aliphatic heterocycles. The second kappa shape index (κ2) is 7.98. The highest BCUT2D eigenvalue weighted by Crippen LogP contribution is 2.50. The van der Waals surface area contributed by atoms with Crippen molar-refractivity contribution in [2.75, 3.05) is 11.9 Å². The van der Waals surface area contributed by atoms with E-state index in [2.05, 4.69) is 5.32 Å². The van der Waals surface area contributed by atoms with Crippen LogP contribution in [0.5, 0.6) is 0 Å². The minimum absolute atomic E-state index is 0.0738. The second-order valence-electron chi connectivity index (χ2n) is 8.55. The Morgan fingerprint density at radius 3 is 2.72 bits per heavy atom. The molecule has 32 heavy (non-hydrogen) atoms. The lowest BCUT2D eigenvalue weighted by Crippen LogP contribution is -2.45. The van der Waals surface area contributed by atoms with Gasteiger partial charge in [0.25, 0.3) is 0 Å². The number of rotatable bonds is 5. The van der Waals surface area contributed by atoms with Crippen molar-refractivity contribution >= 4 is 46.0 Å². The Morgan fingerprint density at radius 2 is 1.94 bits per heavy atom. The first kappa shape index (κ1) is 20.6. The number of nitrogens with zero attached hydrogens (tertiary/aromatic N) is 2. The zero-order valence-corrected chi connectivity index (χ0v) is 18.1. The number of ketones is 1. The SMILES string of the molecule is NC(=O)n1cc(NC(=O)N2C[C@H]3C[C@H]3[C@H]2C(=O)CCc2cccc(Cl)c2)c2ccccc21. The van der Waals surface area contributed by atoms with Crippen molar-refractivity contribution in [1.82, 2.24) is 9.47 Å². The molecule has 1 saturated carbocycles. The van der Waals surface area contributed by atoms with Gasteiger partial charge in [0.2, 0.25) is 0 Å². The summed E-state index contributed by atoms with van der Waals surface area (Å²) in [6.07, 6.45) is 3.46. The van der Waals surface area contributed by atoms with Crippen LogP contribution in [0.25, 0.3) is 10.9 Å². The first-order chi connectivity index (χ1) is 15.4. The molecular formula is C24H23ClN4O3. The molecule has 2 heterocycles. The van der Waals surface area contributed by atoms with Gasteiger partial charge in [-0.25, -0.2) is 9.59 Å². The summed E-state index contributed by atoms with van der Waals surface area (Å²) in [5.41, 5.74) is 7.59. The molecule has 1 saturated heterocycles. The number of halogens is 1. The van der Waals surface area contributed by atoms with Crippen LogP contribution in [0.3, 0.4) is 0 Å². The smallest absolute Gasteiger partial charge is 0.323 e. The van der Waals surface area contributed by atoms with E-state index in [0.717, 1.165) is 12.0 Å². The molecule has 2 aliphatic rings. The van der Waals surface area contributed by atoms with Crippen LogP contribution in [0.4, 0.5) is 15.3 Å². The van der Waals surface area contributed by atoms with Crippen LogP contribution in [0, 0.1) is 11.8 Å². The average molecular weight is 451 g/mol. The Labute approximate surface area is 190 Å². The van der Waals surface area contributed by atoms with Crippen LogP contribution >= 0.6 is 11.6 Å². The van der Waals surface area contributed by atoms with Crippen LogP contribution in [0.15, 0.2) is 54.7 Å². The number of hydrogen-bond acceptors (Lipinski definition) is 3. The average Bonchev–Trinajstić information content (AvgIpc) is 3.28. The molecule has 2 fully saturated rings. The van der Waals surface area contributed by atoms with Crippen molar-refractivity contribution in [3.63, 3.8) is 0 Å². The third-order valence-electron chi connectivity index (χ3n) is 6.48. The summed E-state index contributed by atoms with van der Waals surface area (Å²) < 4.78 is 1.31. The number of piperidine rings is 1. The van der Waals surface area contributed by atoms with E-state index in [9.17, 15) is 14.4 Å². The molecular weight excluding hydrogens is 428 g/mol. The highest BCUT2D eigenvalue weighted by atomic mass is 35.5. The summed E-state index contributed by atoms with van der Waals surface area (Å²) >= 11 is 6.04. The van der Waals surface area contributed by atoms with Crippen molar-refractivity contribution in [2.24, 2.45) is 17.6 Å². The van der Waals surface area contributed by atoms with Gasteiger partial charge in [0.1, 0.15) is 0 Å². The zero-order valence-electron chi connectivity index (χ0n) is 17.3. The van der Waals surface area contributed by atoms with Gasteiger partial charge in [-0.3, -0.25) is 9.36 Å². The van der Waals surface area contributed by atoms with E-state index in [1.54, 1.807) is 23.1 Å². The Morgan fingerprint density at radius 1 is 1.12 bits per heavy atom. The maximum atomic E-state index is 13.2. The number of hydrogen-bond donors (Lipinski definition) is 2. The fraction of sp³-hybridized carbons (Fsp3) is 0.292. The molecule has 0 radical (unpaired) electrons. The molecule has 3 amide bonds. The molecule has 3 aromatic rings. The van der Waals surface area contributed by atoms with Gasteiger partial charge in [0.05, 0.1) is 17.2 Å². The number of para-hydroxylation sites is 1. The molecule has 3 N–H and O–H groups in total. The minimum atomic E-state index is -0.627. The van der Waals surface area contributed by atoms with E-state index in [1.807, 2.05) is 30.3 Å². The normalized spacial score (nSPS) is 21.4. The topological polar surface area (TPSA) is 97.4 Å². The van der Waals surface area contributed by atoms with Gasteiger partial charge in [-0.1, -0.05) is 41.9 Å². The number of anilines is 1. The molecule has 5 rings (SSSR count). The van der Waals surface area contributed by atoms with Crippen molar-refractivity contribution in [3.05, 3.63) is 65.3 Å². The van der Waals surface area contributed by atoms with Crippen LogP contribution < -0.4 is 11.1 Å². The van der Waals surface area contributed by atoms with Crippen LogP contribution in [0.1, 0.15) is 18.4 Å². The third kappa shape index (κ3) is 3.73. The largest absolute Gasteiger partial charge is 0.351 e. The molecule has 3 atom stereocenters. The van der Waals surface area contributed by atoms with E-state index < -0.39 is 12.1 Å². The van der Waals surface area contributed by atoms with Gasteiger partial charge < -0.3 is 16.0 Å². The lowest BCUT2D eigenvalue weighted by molar-refractivity contribution is -0.123. The van der Waals surface area contributed by atoms with Gasteiger partial charge in [0.15, 0.2) is 5.78 Å². The van der Waals surface area contributed by atoms with Crippen molar-refractivity contribution in [1.29, 1.82) is 0 Å². The van der Waals surface area contributed by atoms with E-state index in [4.69, 9.17) is 17.3 Å². The number of nitrogens with one attached hydrogen (secondary N) is 1. The Bertz CT molecular complexity index is 1240. The van der Waals surface area contributed by atoms with E-state index in [-0.39, 0.29) is 17.7 Å². The number of aromatic nitrogens is 1. The fourth-order valence-corrected chi connectivity index (χ4v) is 5.06. The Balaban J connectivity index is 1.32. The number of fused-ring (bicyclic) bond motifs is 2. The van der Waals surface area contributed by atoms with Gasteiger partial charge >= 0.3 is 12.1 Å². The predicted octanol–water partition coefficient (Wildman–Crippen LogP) is 4.28. The number of carbonyl (C=O) groups excluding carboxylic acids is 3. The number of aryl methyl sites for hydroxylation is 1. The minimum Gasteiger partial charge on any atom is -0.351 e. The first-order valence-electron chi connectivity index (χ1n) is 10.7. The zero-order chi connectivity index (χ0) is 22.4. The summed E-state index contributed by atoms with van der Waals surface area (Å²) in [6, 6.07) is 13.3. The quantitative estimate of drug-likeness (QED) is 0.607. The van der Waals surface area contributed by atoms with E-state index in [0.29, 0.717) is 46.9 Å². The summed E-state index contributed by atoms with van der Waals surface area (Å²) in [6.45, 7) is 0.568. The maximum Gasteiger partial charge on any atom is 0.323 e. The first-order valence-corrected chi connectivity index (χ1v) is 11.0. The van der Waals surface area contributed by atoms with Crippen LogP contribution in [-0.4, -0.2) is 39.9 Å². The van der Waals surface area contributed by atoms with Crippen molar-refractivity contribution < 1.29 is 14.4 Å². The summed E-state index contributed by atoms with van der Waals surface area (Å²) in [4.78, 5) is 39.7. The summed E-state index contributed by atoms with van der Waals surface area (Å²) in [5.74, 6) is 0.692. The molecule has 0 spiro atoms. The van der Waals surface area contributed by atoms with Crippen molar-refractivity contribution in [2.45, 2.75) is 25.3 Å². The highest BCUT2D eigenvalue weighted by molar-refractivity contribution is 6.30. The van der Waals surface area contributed by atoms with Gasteiger partial charge in [-0.05, 0) is 48.4 Å². The molecule has 164 valence electrons. The maximum absolute atomic E-state index is 13.2. The number of carbonyl (C=O) groups is 3. The second-order valence-corrected chi connectivity index (χ2v) is 8.99. The number of benzene rings is 2. The van der Waals surface area contributed by atoms with Crippen molar-refractivity contribution in [3.8, 4) is 0 Å². The Hall–Kier alpha value is -3.32. The van der Waals surface area contributed by atoms with Crippen LogP contribution in [0.2, 0.25) is 5.02 Å². The lowest BCUT2D eigenvalue weighted by atomic mass is 10.0. The molecule has 8 heteroatoms. The molecule has 0 bridgehead atoms. The molecule has 0 unspecified atom stereocenters. The Kier molecular flexibility index (Phi) is 5.13. The highest BCUT2D eigenvalue weighted by Gasteiger charge is 2.56. The molecule has 1 aromatic heterocycles. The van der Waals surface area contributed by atoms with Gasteiger partial charge in [-0.15, -0.1) is 0 Å². The lowest BCUT2D eigenvalue weighted by Gasteiger charge is -2.26. The number of urea groups is 1. The number of primary amides is 1. The number of likely N-dealkylation sites (tertiary alicyclic amines) is 1. The monoisotopic (exact) mass is 450 g/mol. The number of Topliss-reactive ketones (excluding diaryl/α,β-unsaturated/α-hetero) is 1. The molecule has 7 nitrogen and oxygen atoms in total. The number of nitrogens with two attached hydrogens (primary N) is 1. The fourth-order valence-electron chi connectivity index (χ4n) is 4.84. The predicted molar refractivity (Wildman–Crippen MR) is 123 cm³/mol. The molecule has 2 aromatic carbocycles. The summed E-state index contributed by atoms with van der Waals surface area (Å²) in [5, 5.41) is 4.26. The molecule has 1 aliphatic carbocycles. The van der Waals surface area contributed by atoms with Crippen LogP contribution in [-0.2, 0) is 11.2 Å². The van der Waals surface area contributed by atoms with Gasteiger partial charge in [0, 0.05) is 29.6 Å². The van der Waals surface area contributed by atoms with E-state index >= 15 is 0 Å². The standard InChI is InChI=1S/C24H23ClN4O3/c25-16-5-3-4-14(10-16)8-9-21(30)22-18-11-15(18)12-29(22)24(32)27-19-13-28(23(26)31)20-7-2-1-6-17(19)20/h1-7,10,13,15,18,22H,8-9,11-12H2,(H2,26,31)(H,27,32)/t15-,18-,22+/m1/s1. The van der Waals surface area contributed by atoms with Gasteiger partial charge in [-0.2, -0.15) is 0 Å². The third-order valence-corrected chi connectivity index (χ3v) is 6.72.